The highest BCUT2D eigenvalue weighted by atomic mass is 35.5. The fourth-order valence-electron chi connectivity index (χ4n) is 1.68. The number of aromatic nitrogens is 3. The first kappa shape index (κ1) is 12.4. The summed E-state index contributed by atoms with van der Waals surface area (Å²) in [5.74, 6) is 2.03. The quantitative estimate of drug-likeness (QED) is 0.845. The van der Waals surface area contributed by atoms with Crippen LogP contribution in [0.2, 0.25) is 5.28 Å². The Labute approximate surface area is 107 Å². The van der Waals surface area contributed by atoms with Crippen LogP contribution in [-0.2, 0) is 0 Å². The van der Waals surface area contributed by atoms with Crippen LogP contribution in [0.15, 0.2) is 0 Å². The number of nitrogens with zero attached hydrogens (tertiary/aromatic N) is 4. The summed E-state index contributed by atoms with van der Waals surface area (Å²) in [4.78, 5) is 14.8. The Morgan fingerprint density at radius 3 is 2.65 bits per heavy atom. The minimum atomic E-state index is 0.250. The van der Waals surface area contributed by atoms with Crippen LogP contribution < -0.4 is 10.2 Å². The van der Waals surface area contributed by atoms with E-state index in [9.17, 15) is 0 Å². The zero-order chi connectivity index (χ0) is 12.3. The maximum Gasteiger partial charge on any atom is 0.231 e. The second kappa shape index (κ2) is 5.49. The lowest BCUT2D eigenvalue weighted by Gasteiger charge is -2.20. The third kappa shape index (κ3) is 3.43. The van der Waals surface area contributed by atoms with E-state index in [0.29, 0.717) is 11.9 Å². The molecule has 0 radical (unpaired) electrons. The van der Waals surface area contributed by atoms with Crippen molar-refractivity contribution in [2.24, 2.45) is 5.92 Å². The lowest BCUT2D eigenvalue weighted by atomic mass is 10.4. The van der Waals surface area contributed by atoms with Gasteiger partial charge < -0.3 is 10.2 Å². The fraction of sp³-hybridized carbons (Fsp3) is 0.727. The smallest absolute Gasteiger partial charge is 0.231 e. The number of hydrogen-bond acceptors (Lipinski definition) is 5. The standard InChI is InChI=1S/C11H18ClN5/c1-3-13-10-14-9(12)15-11(16-10)17(4-2)7-8-5-6-8/h8H,3-7H2,1-2H3,(H,13,14,15,16). The van der Waals surface area contributed by atoms with Crippen molar-refractivity contribution in [1.82, 2.24) is 15.0 Å². The first-order chi connectivity index (χ1) is 8.22. The fourth-order valence-corrected chi connectivity index (χ4v) is 1.84. The monoisotopic (exact) mass is 255 g/mol. The molecule has 1 aliphatic rings. The Morgan fingerprint density at radius 2 is 2.06 bits per heavy atom. The van der Waals surface area contributed by atoms with E-state index >= 15 is 0 Å². The third-order valence-corrected chi connectivity index (χ3v) is 2.94. The minimum Gasteiger partial charge on any atom is -0.354 e. The average Bonchev–Trinajstić information content (AvgIpc) is 3.09. The first-order valence-corrected chi connectivity index (χ1v) is 6.51. The van der Waals surface area contributed by atoms with Crippen molar-refractivity contribution in [3.63, 3.8) is 0 Å². The lowest BCUT2D eigenvalue weighted by Crippen LogP contribution is -2.27. The maximum atomic E-state index is 5.91. The van der Waals surface area contributed by atoms with Crippen LogP contribution in [0.5, 0.6) is 0 Å². The van der Waals surface area contributed by atoms with Crippen molar-refractivity contribution >= 4 is 23.5 Å². The lowest BCUT2D eigenvalue weighted by molar-refractivity contribution is 0.716. The van der Waals surface area contributed by atoms with E-state index in [1.54, 1.807) is 0 Å². The van der Waals surface area contributed by atoms with Gasteiger partial charge in [0, 0.05) is 19.6 Å². The molecule has 0 aliphatic heterocycles. The number of rotatable bonds is 6. The molecular formula is C11H18ClN5. The topological polar surface area (TPSA) is 53.9 Å². The van der Waals surface area contributed by atoms with Crippen molar-refractivity contribution < 1.29 is 0 Å². The van der Waals surface area contributed by atoms with Crippen LogP contribution in [-0.4, -0.2) is 34.6 Å². The van der Waals surface area contributed by atoms with Crippen molar-refractivity contribution in [2.45, 2.75) is 26.7 Å². The number of hydrogen-bond donors (Lipinski definition) is 1. The Kier molecular flexibility index (Phi) is 3.99. The molecule has 1 aromatic heterocycles. The molecule has 0 atom stereocenters. The molecule has 2 rings (SSSR count). The molecule has 0 unspecified atom stereocenters. The molecule has 0 aromatic carbocycles. The molecule has 0 spiro atoms. The van der Waals surface area contributed by atoms with Gasteiger partial charge in [0.25, 0.3) is 0 Å². The third-order valence-electron chi connectivity index (χ3n) is 2.77. The van der Waals surface area contributed by atoms with Gasteiger partial charge in [0.15, 0.2) is 0 Å². The molecule has 0 saturated heterocycles. The number of anilines is 2. The highest BCUT2D eigenvalue weighted by molar-refractivity contribution is 6.28. The van der Waals surface area contributed by atoms with Gasteiger partial charge in [-0.1, -0.05) is 0 Å². The zero-order valence-electron chi connectivity index (χ0n) is 10.3. The molecule has 1 aliphatic carbocycles. The van der Waals surface area contributed by atoms with Crippen molar-refractivity contribution in [1.29, 1.82) is 0 Å². The SMILES string of the molecule is CCNc1nc(Cl)nc(N(CC)CC2CC2)n1. The summed E-state index contributed by atoms with van der Waals surface area (Å²) in [6.07, 6.45) is 2.63. The second-order valence-electron chi connectivity index (χ2n) is 4.24. The Morgan fingerprint density at radius 1 is 1.29 bits per heavy atom. The van der Waals surface area contributed by atoms with Gasteiger partial charge >= 0.3 is 0 Å². The Bertz CT molecular complexity index is 380. The van der Waals surface area contributed by atoms with Gasteiger partial charge in [0.2, 0.25) is 17.2 Å². The second-order valence-corrected chi connectivity index (χ2v) is 4.58. The van der Waals surface area contributed by atoms with Crippen LogP contribution in [0.4, 0.5) is 11.9 Å². The van der Waals surface area contributed by atoms with Crippen molar-refractivity contribution in [3.8, 4) is 0 Å². The molecule has 17 heavy (non-hydrogen) atoms. The minimum absolute atomic E-state index is 0.250. The largest absolute Gasteiger partial charge is 0.354 e. The number of nitrogens with one attached hydrogen (secondary N) is 1. The van der Waals surface area contributed by atoms with E-state index in [2.05, 4.69) is 32.1 Å². The predicted octanol–water partition coefficient (Wildman–Crippen LogP) is 2.19. The van der Waals surface area contributed by atoms with Gasteiger partial charge in [-0.15, -0.1) is 0 Å². The van der Waals surface area contributed by atoms with Gasteiger partial charge in [0.1, 0.15) is 0 Å². The van der Waals surface area contributed by atoms with Gasteiger partial charge in [-0.3, -0.25) is 0 Å². The summed E-state index contributed by atoms with van der Waals surface area (Å²) in [6, 6.07) is 0. The van der Waals surface area contributed by atoms with E-state index in [1.165, 1.54) is 12.8 Å². The maximum absolute atomic E-state index is 5.91. The molecule has 5 nitrogen and oxygen atoms in total. The van der Waals surface area contributed by atoms with Gasteiger partial charge in [-0.25, -0.2) is 0 Å². The summed E-state index contributed by atoms with van der Waals surface area (Å²) in [7, 11) is 0. The van der Waals surface area contributed by atoms with Gasteiger partial charge in [0.05, 0.1) is 0 Å². The number of halogens is 1. The van der Waals surface area contributed by atoms with E-state index < -0.39 is 0 Å². The summed E-state index contributed by atoms with van der Waals surface area (Å²) in [5.41, 5.74) is 0. The van der Waals surface area contributed by atoms with Crippen LogP contribution in [0.25, 0.3) is 0 Å². The predicted molar refractivity (Wildman–Crippen MR) is 69.6 cm³/mol. The van der Waals surface area contributed by atoms with Gasteiger partial charge in [-0.05, 0) is 44.2 Å². The molecule has 1 N–H and O–H groups in total. The summed E-state index contributed by atoms with van der Waals surface area (Å²) in [5, 5.41) is 3.31. The van der Waals surface area contributed by atoms with E-state index in [-0.39, 0.29) is 5.28 Å². The van der Waals surface area contributed by atoms with Crippen molar-refractivity contribution in [3.05, 3.63) is 5.28 Å². The Hall–Kier alpha value is -1.10. The summed E-state index contributed by atoms with van der Waals surface area (Å²) < 4.78 is 0. The highest BCUT2D eigenvalue weighted by Crippen LogP contribution is 2.30. The zero-order valence-corrected chi connectivity index (χ0v) is 11.0. The Balaban J connectivity index is 2.15. The van der Waals surface area contributed by atoms with Gasteiger partial charge in [-0.2, -0.15) is 15.0 Å². The van der Waals surface area contributed by atoms with Crippen LogP contribution in [0.3, 0.4) is 0 Å². The average molecular weight is 256 g/mol. The van der Waals surface area contributed by atoms with E-state index in [0.717, 1.165) is 25.6 Å². The normalized spacial score (nSPS) is 14.8. The van der Waals surface area contributed by atoms with Crippen molar-refractivity contribution in [2.75, 3.05) is 29.9 Å². The molecule has 6 heteroatoms. The van der Waals surface area contributed by atoms with Crippen LogP contribution >= 0.6 is 11.6 Å². The first-order valence-electron chi connectivity index (χ1n) is 6.13. The van der Waals surface area contributed by atoms with E-state index in [4.69, 9.17) is 11.6 Å². The molecule has 1 aromatic rings. The highest BCUT2D eigenvalue weighted by Gasteiger charge is 2.25. The molecule has 1 fully saturated rings. The molecule has 0 bridgehead atoms. The van der Waals surface area contributed by atoms with E-state index in [1.807, 2.05) is 6.92 Å². The summed E-state index contributed by atoms with van der Waals surface area (Å²) >= 11 is 5.91. The molecule has 94 valence electrons. The summed E-state index contributed by atoms with van der Waals surface area (Å²) in [6.45, 7) is 6.78. The van der Waals surface area contributed by atoms with Crippen LogP contribution in [0.1, 0.15) is 26.7 Å². The molecule has 0 amide bonds. The molecular weight excluding hydrogens is 238 g/mol. The molecule has 1 heterocycles. The van der Waals surface area contributed by atoms with Crippen LogP contribution in [0, 0.1) is 5.92 Å². The molecule has 1 saturated carbocycles.